The third kappa shape index (κ3) is 5.05. The zero-order valence-electron chi connectivity index (χ0n) is 12.9. The average molecular weight is 362 g/mol. The van der Waals surface area contributed by atoms with Crippen molar-refractivity contribution >= 4 is 29.3 Å². The molecule has 0 saturated carbocycles. The predicted octanol–water partition coefficient (Wildman–Crippen LogP) is 2.42. The molecule has 0 spiro atoms. The number of hydrogen-bond acceptors (Lipinski definition) is 4. The first-order chi connectivity index (χ1) is 11.3. The van der Waals surface area contributed by atoms with Crippen molar-refractivity contribution in [3.63, 3.8) is 0 Å². The molecule has 24 heavy (non-hydrogen) atoms. The topological polar surface area (TPSA) is 58.6 Å². The minimum Gasteiger partial charge on any atom is -0.497 e. The molecule has 0 bridgehead atoms. The first kappa shape index (κ1) is 18.4. The lowest BCUT2D eigenvalue weighted by molar-refractivity contribution is -0.126. The fraction of sp³-hybridized carbons (Fsp3) is 0.467. The molecule has 1 N–H and O–H groups in total. The summed E-state index contributed by atoms with van der Waals surface area (Å²) in [7, 11) is 1.54. The van der Waals surface area contributed by atoms with Gasteiger partial charge in [0, 0.05) is 31.0 Å². The summed E-state index contributed by atoms with van der Waals surface area (Å²) in [6, 6.07) is 6.86. The number of anilines is 1. The fourth-order valence-electron chi connectivity index (χ4n) is 2.38. The Bertz CT molecular complexity index is 593. The molecule has 1 aromatic rings. The number of halogens is 3. The van der Waals surface area contributed by atoms with Crippen LogP contribution in [0.25, 0.3) is 0 Å². The third-order valence-corrected chi connectivity index (χ3v) is 4.28. The zero-order chi connectivity index (χ0) is 17.7. The Balaban J connectivity index is 1.85. The Labute approximate surface area is 141 Å². The van der Waals surface area contributed by atoms with Gasteiger partial charge in [0.1, 0.15) is 5.75 Å². The molecule has 0 radical (unpaired) electrons. The zero-order valence-corrected chi connectivity index (χ0v) is 13.7. The Morgan fingerprint density at radius 2 is 2.04 bits per heavy atom. The molecule has 0 aliphatic carbocycles. The number of nitrogens with one attached hydrogen (secondary N) is 1. The summed E-state index contributed by atoms with van der Waals surface area (Å²) in [5.74, 6) is -0.748. The van der Waals surface area contributed by atoms with Crippen LogP contribution < -0.4 is 15.0 Å². The molecule has 1 aromatic carbocycles. The summed E-state index contributed by atoms with van der Waals surface area (Å²) in [6.45, 7) is 0.125. The highest BCUT2D eigenvalue weighted by Gasteiger charge is 2.35. The van der Waals surface area contributed by atoms with Gasteiger partial charge in [-0.2, -0.15) is 13.2 Å². The number of ether oxygens (including phenoxy) is 1. The number of thioether (sulfide) groups is 1. The molecule has 0 unspecified atom stereocenters. The molecule has 132 valence electrons. The Morgan fingerprint density at radius 1 is 1.38 bits per heavy atom. The van der Waals surface area contributed by atoms with Gasteiger partial charge in [-0.15, -0.1) is 0 Å². The number of nitrogens with zero attached hydrogens (tertiary/aromatic N) is 1. The van der Waals surface area contributed by atoms with E-state index in [2.05, 4.69) is 5.32 Å². The third-order valence-electron chi connectivity index (χ3n) is 3.55. The van der Waals surface area contributed by atoms with Gasteiger partial charge < -0.3 is 15.0 Å². The van der Waals surface area contributed by atoms with E-state index in [1.54, 1.807) is 24.3 Å². The number of amides is 2. The minimum absolute atomic E-state index is 0.0459. The SMILES string of the molecule is COc1ccc(N2C[C@@H](C(=O)NCCSC(F)(F)F)CC2=O)cc1. The van der Waals surface area contributed by atoms with E-state index in [1.165, 1.54) is 12.0 Å². The van der Waals surface area contributed by atoms with Gasteiger partial charge in [0.15, 0.2) is 0 Å². The Hall–Kier alpha value is -1.90. The number of methoxy groups -OCH3 is 1. The van der Waals surface area contributed by atoms with Crippen LogP contribution in [-0.4, -0.2) is 43.3 Å². The second kappa shape index (κ2) is 7.78. The minimum atomic E-state index is -4.31. The molecule has 5 nitrogen and oxygen atoms in total. The maximum absolute atomic E-state index is 12.1. The van der Waals surface area contributed by atoms with Gasteiger partial charge in [-0.1, -0.05) is 0 Å². The number of carbonyl (C=O) groups is 2. The van der Waals surface area contributed by atoms with E-state index >= 15 is 0 Å². The van der Waals surface area contributed by atoms with E-state index in [4.69, 9.17) is 4.74 Å². The van der Waals surface area contributed by atoms with Crippen molar-refractivity contribution in [2.24, 2.45) is 5.92 Å². The number of rotatable bonds is 6. The first-order valence-corrected chi connectivity index (χ1v) is 8.21. The molecule has 1 aliphatic rings. The molecule has 1 saturated heterocycles. The van der Waals surface area contributed by atoms with E-state index in [1.807, 2.05) is 0 Å². The van der Waals surface area contributed by atoms with Gasteiger partial charge in [0.2, 0.25) is 11.8 Å². The number of carbonyl (C=O) groups excluding carboxylic acids is 2. The number of benzene rings is 1. The van der Waals surface area contributed by atoms with Crippen molar-refractivity contribution < 1.29 is 27.5 Å². The second-order valence-electron chi connectivity index (χ2n) is 5.19. The number of alkyl halides is 3. The van der Waals surface area contributed by atoms with Crippen molar-refractivity contribution in [2.45, 2.75) is 11.9 Å². The Morgan fingerprint density at radius 3 is 2.62 bits per heavy atom. The smallest absolute Gasteiger partial charge is 0.441 e. The summed E-state index contributed by atoms with van der Waals surface area (Å²) in [5.41, 5.74) is -3.65. The van der Waals surface area contributed by atoms with Crippen LogP contribution >= 0.6 is 11.8 Å². The lowest BCUT2D eigenvalue weighted by Crippen LogP contribution is -2.34. The number of hydrogen-bond donors (Lipinski definition) is 1. The van der Waals surface area contributed by atoms with Crippen LogP contribution in [0.2, 0.25) is 0 Å². The van der Waals surface area contributed by atoms with Crippen LogP contribution in [0.15, 0.2) is 24.3 Å². The summed E-state index contributed by atoms with van der Waals surface area (Å²) in [5, 5.41) is 2.45. The van der Waals surface area contributed by atoms with Crippen molar-refractivity contribution in [1.82, 2.24) is 5.32 Å². The second-order valence-corrected chi connectivity index (χ2v) is 6.35. The molecule has 9 heteroatoms. The largest absolute Gasteiger partial charge is 0.497 e. The van der Waals surface area contributed by atoms with Gasteiger partial charge in [-0.3, -0.25) is 9.59 Å². The predicted molar refractivity (Wildman–Crippen MR) is 85.0 cm³/mol. The molecule has 2 amide bonds. The highest BCUT2D eigenvalue weighted by Crippen LogP contribution is 2.30. The fourth-order valence-corrected chi connectivity index (χ4v) is 2.82. The molecule has 1 atom stereocenters. The maximum Gasteiger partial charge on any atom is 0.441 e. The van der Waals surface area contributed by atoms with Crippen molar-refractivity contribution in [3.05, 3.63) is 24.3 Å². The maximum atomic E-state index is 12.1. The van der Waals surface area contributed by atoms with Crippen molar-refractivity contribution in [3.8, 4) is 5.75 Å². The lowest BCUT2D eigenvalue weighted by Gasteiger charge is -2.17. The highest BCUT2D eigenvalue weighted by molar-refractivity contribution is 8.00. The summed E-state index contributed by atoms with van der Waals surface area (Å²) in [4.78, 5) is 25.6. The van der Waals surface area contributed by atoms with E-state index in [-0.39, 0.29) is 42.9 Å². The summed E-state index contributed by atoms with van der Waals surface area (Å²) >= 11 is -0.184. The van der Waals surface area contributed by atoms with E-state index < -0.39 is 17.3 Å². The van der Waals surface area contributed by atoms with Crippen molar-refractivity contribution in [2.75, 3.05) is 30.9 Å². The van der Waals surface area contributed by atoms with Crippen LogP contribution in [0.3, 0.4) is 0 Å². The molecule has 0 aromatic heterocycles. The normalized spacial score (nSPS) is 17.9. The van der Waals surface area contributed by atoms with Crippen LogP contribution in [-0.2, 0) is 9.59 Å². The molecule has 1 fully saturated rings. The van der Waals surface area contributed by atoms with Gasteiger partial charge in [0.25, 0.3) is 0 Å². The van der Waals surface area contributed by atoms with Gasteiger partial charge in [0.05, 0.1) is 13.0 Å². The molecule has 2 rings (SSSR count). The van der Waals surface area contributed by atoms with Gasteiger partial charge >= 0.3 is 5.51 Å². The Kier molecular flexibility index (Phi) is 5.98. The molecular weight excluding hydrogens is 345 g/mol. The monoisotopic (exact) mass is 362 g/mol. The van der Waals surface area contributed by atoms with Crippen LogP contribution in [0.5, 0.6) is 5.75 Å². The van der Waals surface area contributed by atoms with Crippen molar-refractivity contribution in [1.29, 1.82) is 0 Å². The van der Waals surface area contributed by atoms with E-state index in [0.717, 1.165) is 0 Å². The van der Waals surface area contributed by atoms with E-state index in [9.17, 15) is 22.8 Å². The van der Waals surface area contributed by atoms with Crippen LogP contribution in [0.4, 0.5) is 18.9 Å². The van der Waals surface area contributed by atoms with Crippen LogP contribution in [0, 0.1) is 5.92 Å². The summed E-state index contributed by atoms with van der Waals surface area (Å²) in [6.07, 6.45) is 0.0459. The molecular formula is C15H17F3N2O3S. The van der Waals surface area contributed by atoms with Crippen LogP contribution in [0.1, 0.15) is 6.42 Å². The highest BCUT2D eigenvalue weighted by atomic mass is 32.2. The first-order valence-electron chi connectivity index (χ1n) is 7.23. The molecule has 1 heterocycles. The molecule has 1 aliphatic heterocycles. The lowest BCUT2D eigenvalue weighted by atomic mass is 10.1. The average Bonchev–Trinajstić information content (AvgIpc) is 2.92. The standard InChI is InChI=1S/C15H17F3N2O3S/c1-23-12-4-2-11(3-5-12)20-9-10(8-13(20)21)14(22)19-6-7-24-15(16,17)18/h2-5,10H,6-9H2,1H3,(H,19,22)/t10-/m0/s1. The van der Waals surface area contributed by atoms with Gasteiger partial charge in [-0.25, -0.2) is 0 Å². The van der Waals surface area contributed by atoms with E-state index in [0.29, 0.717) is 11.4 Å². The van der Waals surface area contributed by atoms with Gasteiger partial charge in [-0.05, 0) is 36.0 Å². The quantitative estimate of drug-likeness (QED) is 0.790. The summed E-state index contributed by atoms with van der Waals surface area (Å²) < 4.78 is 41.1.